The Bertz CT molecular complexity index is 636. The van der Waals surface area contributed by atoms with Gasteiger partial charge in [0.2, 0.25) is 10.0 Å². The lowest BCUT2D eigenvalue weighted by atomic mass is 10.0. The second-order valence-corrected chi connectivity index (χ2v) is 7.74. The van der Waals surface area contributed by atoms with Gasteiger partial charge in [0.25, 0.3) is 0 Å². The molecule has 1 aliphatic rings. The number of benzene rings is 1. The number of nitrogens with one attached hydrogen (secondary N) is 1. The highest BCUT2D eigenvalue weighted by Crippen LogP contribution is 2.34. The maximum atomic E-state index is 14.1. The van der Waals surface area contributed by atoms with Gasteiger partial charge in [0.1, 0.15) is 4.90 Å². The summed E-state index contributed by atoms with van der Waals surface area (Å²) < 4.78 is 46.2. The van der Waals surface area contributed by atoms with Crippen LogP contribution in [-0.4, -0.2) is 28.2 Å². The molecule has 2 rings (SSSR count). The summed E-state index contributed by atoms with van der Waals surface area (Å²) in [6.45, 7) is 1.45. The molecule has 5 nitrogen and oxygen atoms in total. The van der Waals surface area contributed by atoms with Gasteiger partial charge in [0.05, 0.1) is 15.2 Å². The van der Waals surface area contributed by atoms with Crippen molar-refractivity contribution in [3.63, 3.8) is 0 Å². The standard InChI is InChI=1S/C12H15BrClFN2O3S/c13-10-8(14)5-9(11(15)12(10)16)21(18,19)17-6-7-1-3-20-4-2-7/h5,7,17H,1-4,6,16H2. The Morgan fingerprint density at radius 2 is 2.10 bits per heavy atom. The fourth-order valence-electron chi connectivity index (χ4n) is 2.05. The Hall–Kier alpha value is -0.410. The average molecular weight is 402 g/mol. The van der Waals surface area contributed by atoms with Gasteiger partial charge in [-0.3, -0.25) is 0 Å². The highest BCUT2D eigenvalue weighted by atomic mass is 79.9. The van der Waals surface area contributed by atoms with Gasteiger partial charge in [-0.25, -0.2) is 17.5 Å². The predicted octanol–water partition coefficient (Wildman–Crippen LogP) is 2.53. The average Bonchev–Trinajstić information content (AvgIpc) is 2.48. The Labute approximate surface area is 136 Å². The molecule has 21 heavy (non-hydrogen) atoms. The summed E-state index contributed by atoms with van der Waals surface area (Å²) in [5, 5.41) is 0.0420. The zero-order valence-electron chi connectivity index (χ0n) is 11.0. The third-order valence-corrected chi connectivity index (χ3v) is 6.15. The lowest BCUT2D eigenvalue weighted by molar-refractivity contribution is 0.0678. The van der Waals surface area contributed by atoms with Crippen LogP contribution in [-0.2, 0) is 14.8 Å². The van der Waals surface area contributed by atoms with Crippen molar-refractivity contribution in [2.75, 3.05) is 25.5 Å². The number of hydrogen-bond acceptors (Lipinski definition) is 4. The third kappa shape index (κ3) is 3.87. The van der Waals surface area contributed by atoms with E-state index in [1.807, 2.05) is 0 Å². The monoisotopic (exact) mass is 400 g/mol. The van der Waals surface area contributed by atoms with Gasteiger partial charge in [-0.05, 0) is 40.8 Å². The largest absolute Gasteiger partial charge is 0.395 e. The van der Waals surface area contributed by atoms with Crippen molar-refractivity contribution in [1.82, 2.24) is 4.72 Å². The minimum atomic E-state index is -4.00. The third-order valence-electron chi connectivity index (χ3n) is 3.35. The van der Waals surface area contributed by atoms with Crippen LogP contribution in [0.3, 0.4) is 0 Å². The Kier molecular flexibility index (Phi) is 5.48. The summed E-state index contributed by atoms with van der Waals surface area (Å²) in [5.41, 5.74) is 5.18. The molecule has 1 aromatic carbocycles. The van der Waals surface area contributed by atoms with Gasteiger partial charge in [0.15, 0.2) is 5.82 Å². The minimum Gasteiger partial charge on any atom is -0.395 e. The molecule has 9 heteroatoms. The van der Waals surface area contributed by atoms with E-state index in [1.54, 1.807) is 0 Å². The molecule has 1 aliphatic heterocycles. The minimum absolute atomic E-state index is 0.0420. The van der Waals surface area contributed by atoms with Gasteiger partial charge in [0, 0.05) is 19.8 Å². The molecule has 1 fully saturated rings. The quantitative estimate of drug-likeness (QED) is 0.600. The van der Waals surface area contributed by atoms with E-state index in [4.69, 9.17) is 22.1 Å². The van der Waals surface area contributed by atoms with Crippen molar-refractivity contribution >= 4 is 43.2 Å². The van der Waals surface area contributed by atoms with E-state index in [-0.39, 0.29) is 27.6 Å². The van der Waals surface area contributed by atoms with Crippen LogP contribution in [0, 0.1) is 11.7 Å². The molecule has 0 saturated carbocycles. The van der Waals surface area contributed by atoms with Crippen LogP contribution in [0.15, 0.2) is 15.4 Å². The summed E-state index contributed by atoms with van der Waals surface area (Å²) in [6, 6.07) is 1.05. The number of ether oxygens (including phenoxy) is 1. The van der Waals surface area contributed by atoms with Crippen molar-refractivity contribution in [2.24, 2.45) is 5.92 Å². The topological polar surface area (TPSA) is 81.4 Å². The molecule has 118 valence electrons. The van der Waals surface area contributed by atoms with Crippen LogP contribution < -0.4 is 10.5 Å². The lowest BCUT2D eigenvalue weighted by Crippen LogP contribution is -2.32. The van der Waals surface area contributed by atoms with Gasteiger partial charge in [-0.2, -0.15) is 0 Å². The van der Waals surface area contributed by atoms with Gasteiger partial charge in [-0.1, -0.05) is 11.6 Å². The molecule has 1 heterocycles. The van der Waals surface area contributed by atoms with E-state index < -0.39 is 20.7 Å². The van der Waals surface area contributed by atoms with Crippen molar-refractivity contribution in [3.8, 4) is 0 Å². The number of sulfonamides is 1. The molecule has 3 N–H and O–H groups in total. The zero-order valence-corrected chi connectivity index (χ0v) is 14.2. The first kappa shape index (κ1) is 17.0. The molecule has 0 spiro atoms. The number of rotatable bonds is 4. The van der Waals surface area contributed by atoms with Gasteiger partial charge in [-0.15, -0.1) is 0 Å². The van der Waals surface area contributed by atoms with Crippen LogP contribution in [0.2, 0.25) is 5.02 Å². The molecule has 1 saturated heterocycles. The van der Waals surface area contributed by atoms with Crippen molar-refractivity contribution in [3.05, 3.63) is 21.4 Å². The summed E-state index contributed by atoms with van der Waals surface area (Å²) in [4.78, 5) is -0.541. The summed E-state index contributed by atoms with van der Waals surface area (Å²) in [5.74, 6) is -0.828. The summed E-state index contributed by atoms with van der Waals surface area (Å²) >= 11 is 8.85. The molecule has 1 aromatic rings. The Balaban J connectivity index is 2.19. The summed E-state index contributed by atoms with van der Waals surface area (Å²) in [7, 11) is -4.00. The molecular formula is C12H15BrClFN2O3S. The fourth-order valence-corrected chi connectivity index (χ4v) is 3.84. The molecule has 0 amide bonds. The number of halogens is 3. The first-order valence-corrected chi connectivity index (χ1v) is 8.98. The second-order valence-electron chi connectivity index (χ2n) is 4.81. The normalized spacial score (nSPS) is 17.1. The van der Waals surface area contributed by atoms with Gasteiger partial charge >= 0.3 is 0 Å². The maximum Gasteiger partial charge on any atom is 0.243 e. The van der Waals surface area contributed by atoms with E-state index in [2.05, 4.69) is 20.7 Å². The van der Waals surface area contributed by atoms with E-state index in [0.717, 1.165) is 18.9 Å². The van der Waals surface area contributed by atoms with Crippen molar-refractivity contribution in [1.29, 1.82) is 0 Å². The van der Waals surface area contributed by atoms with E-state index in [0.29, 0.717) is 13.2 Å². The molecule has 0 aliphatic carbocycles. The van der Waals surface area contributed by atoms with E-state index >= 15 is 0 Å². The van der Waals surface area contributed by atoms with E-state index in [1.165, 1.54) is 0 Å². The van der Waals surface area contributed by atoms with Crippen molar-refractivity contribution in [2.45, 2.75) is 17.7 Å². The lowest BCUT2D eigenvalue weighted by Gasteiger charge is -2.22. The summed E-state index contributed by atoms with van der Waals surface area (Å²) in [6.07, 6.45) is 1.54. The number of nitrogen functional groups attached to an aromatic ring is 1. The number of nitrogens with two attached hydrogens (primary N) is 1. The second kappa shape index (κ2) is 6.78. The van der Waals surface area contributed by atoms with Gasteiger partial charge < -0.3 is 10.5 Å². The fraction of sp³-hybridized carbons (Fsp3) is 0.500. The highest BCUT2D eigenvalue weighted by Gasteiger charge is 2.25. The smallest absolute Gasteiger partial charge is 0.243 e. The van der Waals surface area contributed by atoms with Crippen LogP contribution in [0.1, 0.15) is 12.8 Å². The highest BCUT2D eigenvalue weighted by molar-refractivity contribution is 9.10. The van der Waals surface area contributed by atoms with Crippen LogP contribution in [0.4, 0.5) is 10.1 Å². The number of hydrogen-bond donors (Lipinski definition) is 2. The zero-order chi connectivity index (χ0) is 15.6. The van der Waals surface area contributed by atoms with Crippen molar-refractivity contribution < 1.29 is 17.5 Å². The molecule has 0 atom stereocenters. The predicted molar refractivity (Wildman–Crippen MR) is 82.3 cm³/mol. The molecular weight excluding hydrogens is 387 g/mol. The SMILES string of the molecule is Nc1c(F)c(S(=O)(=O)NCC2CCOCC2)cc(Cl)c1Br. The molecule has 0 unspecified atom stereocenters. The van der Waals surface area contributed by atoms with Crippen LogP contribution in [0.5, 0.6) is 0 Å². The maximum absolute atomic E-state index is 14.1. The van der Waals surface area contributed by atoms with Crippen LogP contribution in [0.25, 0.3) is 0 Å². The number of anilines is 1. The molecule has 0 aromatic heterocycles. The first-order valence-electron chi connectivity index (χ1n) is 6.33. The molecule has 0 radical (unpaired) electrons. The Morgan fingerprint density at radius 1 is 1.48 bits per heavy atom. The first-order chi connectivity index (χ1) is 9.83. The van der Waals surface area contributed by atoms with Crippen LogP contribution >= 0.6 is 27.5 Å². The molecule has 0 bridgehead atoms. The Morgan fingerprint density at radius 3 is 2.71 bits per heavy atom. The van der Waals surface area contributed by atoms with E-state index in [9.17, 15) is 12.8 Å².